The third kappa shape index (κ3) is 6.82. The van der Waals surface area contributed by atoms with E-state index in [0.29, 0.717) is 12.8 Å². The minimum absolute atomic E-state index is 0. The van der Waals surface area contributed by atoms with Crippen LogP contribution in [-0.4, -0.2) is 41.1 Å². The number of unbranched alkanes of at least 4 members (excludes halogenated alkanes) is 3. The number of nitrogens with one attached hydrogen (secondary N) is 1. The molecule has 2 aliphatic rings. The van der Waals surface area contributed by atoms with Gasteiger partial charge in [-0.05, 0) is 61.4 Å². The van der Waals surface area contributed by atoms with Gasteiger partial charge in [0, 0.05) is 24.7 Å². The van der Waals surface area contributed by atoms with E-state index < -0.39 is 0 Å². The quantitative estimate of drug-likeness (QED) is 0.238. The van der Waals surface area contributed by atoms with E-state index in [0.717, 1.165) is 61.4 Å². The first-order chi connectivity index (χ1) is 15.2. The number of phenols is 2. The Morgan fingerprint density at radius 2 is 1.85 bits per heavy atom. The molecule has 1 unspecified atom stereocenters. The van der Waals surface area contributed by atoms with Gasteiger partial charge in [0.2, 0.25) is 6.79 Å². The Morgan fingerprint density at radius 1 is 1.03 bits per heavy atom. The standard InChI is InChI=1S/C25H34N2O4.2ClH/c1-2-3-4-5-14-27(20-8-9-21-19(16-20)7-10-22(28)25(21)29)26-13-12-18-6-11-23-24(15-18)31-17-30-23;;/h6-7,10-11,15,20,26,28-29H,2-5,8-9,12-14,16-17H2,1H3;2*1H. The third-order valence-corrected chi connectivity index (χ3v) is 6.40. The number of aromatic hydroxyl groups is 2. The number of rotatable bonds is 10. The lowest BCUT2D eigenvalue weighted by molar-refractivity contribution is 0.109. The minimum Gasteiger partial charge on any atom is -0.504 e. The zero-order chi connectivity index (χ0) is 21.6. The fraction of sp³-hybridized carbons (Fsp3) is 0.520. The number of fused-ring (bicyclic) bond motifs is 2. The fourth-order valence-electron chi connectivity index (χ4n) is 4.61. The maximum atomic E-state index is 10.2. The molecule has 0 aromatic heterocycles. The summed E-state index contributed by atoms with van der Waals surface area (Å²) in [6.45, 7) is 4.42. The van der Waals surface area contributed by atoms with Crippen molar-refractivity contribution in [2.75, 3.05) is 19.9 Å². The number of halogens is 2. The molecule has 1 aliphatic heterocycles. The lowest BCUT2D eigenvalue weighted by Gasteiger charge is -2.36. The molecule has 2 aromatic rings. The van der Waals surface area contributed by atoms with Crippen molar-refractivity contribution in [1.82, 2.24) is 10.4 Å². The van der Waals surface area contributed by atoms with Gasteiger partial charge in [0.1, 0.15) is 0 Å². The zero-order valence-corrected chi connectivity index (χ0v) is 20.8. The normalized spacial score (nSPS) is 16.1. The van der Waals surface area contributed by atoms with Crippen LogP contribution in [0.1, 0.15) is 55.7 Å². The third-order valence-electron chi connectivity index (χ3n) is 6.40. The van der Waals surface area contributed by atoms with Crippen LogP contribution in [0, 0.1) is 0 Å². The average molecular weight is 499 g/mol. The Morgan fingerprint density at radius 3 is 2.67 bits per heavy atom. The molecule has 0 saturated carbocycles. The van der Waals surface area contributed by atoms with Gasteiger partial charge in [-0.2, -0.15) is 0 Å². The first-order valence-electron chi connectivity index (χ1n) is 11.6. The summed E-state index contributed by atoms with van der Waals surface area (Å²) in [7, 11) is 0. The van der Waals surface area contributed by atoms with Crippen molar-refractivity contribution < 1.29 is 19.7 Å². The first-order valence-corrected chi connectivity index (χ1v) is 11.6. The lowest BCUT2D eigenvalue weighted by Crippen LogP contribution is -2.49. The molecular weight excluding hydrogens is 463 g/mol. The molecule has 8 heteroatoms. The van der Waals surface area contributed by atoms with Crippen LogP contribution in [0.2, 0.25) is 0 Å². The predicted molar refractivity (Wildman–Crippen MR) is 135 cm³/mol. The van der Waals surface area contributed by atoms with Crippen molar-refractivity contribution in [2.24, 2.45) is 0 Å². The molecule has 2 aromatic carbocycles. The van der Waals surface area contributed by atoms with Crippen LogP contribution in [0.5, 0.6) is 23.0 Å². The van der Waals surface area contributed by atoms with Crippen LogP contribution in [0.25, 0.3) is 0 Å². The molecule has 0 radical (unpaired) electrons. The second-order valence-electron chi connectivity index (χ2n) is 8.57. The number of nitrogens with zero attached hydrogens (tertiary/aromatic N) is 1. The Kier molecular flexibility index (Phi) is 10.9. The van der Waals surface area contributed by atoms with Crippen LogP contribution in [0.4, 0.5) is 0 Å². The van der Waals surface area contributed by atoms with Crippen LogP contribution in [0.3, 0.4) is 0 Å². The number of ether oxygens (including phenoxy) is 2. The molecule has 1 atom stereocenters. The van der Waals surface area contributed by atoms with Gasteiger partial charge in [-0.1, -0.05) is 38.3 Å². The number of hydrazine groups is 1. The average Bonchev–Trinajstić information content (AvgIpc) is 3.26. The van der Waals surface area contributed by atoms with Gasteiger partial charge in [0.05, 0.1) is 0 Å². The predicted octanol–water partition coefficient (Wildman–Crippen LogP) is 5.16. The molecule has 4 rings (SSSR count). The summed E-state index contributed by atoms with van der Waals surface area (Å²) in [4.78, 5) is 0. The van der Waals surface area contributed by atoms with Crippen LogP contribution >= 0.6 is 24.8 Å². The number of hydrogen-bond donors (Lipinski definition) is 3. The smallest absolute Gasteiger partial charge is 0.231 e. The Hall–Kier alpha value is -1.86. The first kappa shape index (κ1) is 27.4. The van der Waals surface area contributed by atoms with E-state index in [9.17, 15) is 10.2 Å². The summed E-state index contributed by atoms with van der Waals surface area (Å²) in [6, 6.07) is 10.1. The van der Waals surface area contributed by atoms with Gasteiger partial charge in [0.25, 0.3) is 0 Å². The number of benzene rings is 2. The molecule has 0 bridgehead atoms. The van der Waals surface area contributed by atoms with E-state index in [1.165, 1.54) is 31.2 Å². The lowest BCUT2D eigenvalue weighted by atomic mass is 9.87. The maximum absolute atomic E-state index is 10.2. The van der Waals surface area contributed by atoms with Gasteiger partial charge >= 0.3 is 0 Å². The maximum Gasteiger partial charge on any atom is 0.231 e. The van der Waals surface area contributed by atoms with Crippen molar-refractivity contribution in [3.63, 3.8) is 0 Å². The van der Waals surface area contributed by atoms with E-state index in [1.54, 1.807) is 6.07 Å². The molecule has 0 fully saturated rings. The van der Waals surface area contributed by atoms with Crippen molar-refractivity contribution in [2.45, 2.75) is 64.3 Å². The molecule has 184 valence electrons. The minimum atomic E-state index is -0.0181. The van der Waals surface area contributed by atoms with E-state index in [-0.39, 0.29) is 36.3 Å². The number of hydrogen-bond acceptors (Lipinski definition) is 6. The molecule has 1 aliphatic carbocycles. The summed E-state index contributed by atoms with van der Waals surface area (Å²) in [5, 5.41) is 22.4. The summed E-state index contributed by atoms with van der Waals surface area (Å²) < 4.78 is 10.9. The Balaban J connectivity index is 0.00000193. The zero-order valence-electron chi connectivity index (χ0n) is 19.2. The Bertz CT molecular complexity index is 897. The van der Waals surface area contributed by atoms with Gasteiger partial charge < -0.3 is 19.7 Å². The summed E-state index contributed by atoms with van der Waals surface area (Å²) in [5.41, 5.74) is 6.97. The second-order valence-corrected chi connectivity index (χ2v) is 8.57. The molecule has 1 heterocycles. The molecule has 3 N–H and O–H groups in total. The van der Waals surface area contributed by atoms with Crippen molar-refractivity contribution in [3.05, 3.63) is 47.0 Å². The highest BCUT2D eigenvalue weighted by molar-refractivity contribution is 5.85. The highest BCUT2D eigenvalue weighted by Crippen LogP contribution is 2.36. The highest BCUT2D eigenvalue weighted by Gasteiger charge is 2.26. The van der Waals surface area contributed by atoms with Gasteiger partial charge in [-0.3, -0.25) is 5.43 Å². The van der Waals surface area contributed by atoms with Crippen LogP contribution < -0.4 is 14.9 Å². The van der Waals surface area contributed by atoms with Crippen molar-refractivity contribution >= 4 is 24.8 Å². The summed E-state index contributed by atoms with van der Waals surface area (Å²) >= 11 is 0. The number of phenolic OH excluding ortho intramolecular Hbond substituents is 2. The van der Waals surface area contributed by atoms with E-state index in [4.69, 9.17) is 9.47 Å². The molecule has 0 spiro atoms. The van der Waals surface area contributed by atoms with E-state index >= 15 is 0 Å². The highest BCUT2D eigenvalue weighted by atomic mass is 35.5. The van der Waals surface area contributed by atoms with Crippen molar-refractivity contribution in [3.8, 4) is 23.0 Å². The largest absolute Gasteiger partial charge is 0.504 e. The molecule has 0 amide bonds. The summed E-state index contributed by atoms with van der Waals surface area (Å²) in [5.74, 6) is 1.70. The summed E-state index contributed by atoms with van der Waals surface area (Å²) in [6.07, 6.45) is 8.48. The molecule has 33 heavy (non-hydrogen) atoms. The van der Waals surface area contributed by atoms with Crippen LogP contribution in [-0.2, 0) is 19.3 Å². The second kappa shape index (κ2) is 13.1. The van der Waals surface area contributed by atoms with Gasteiger partial charge in [-0.15, -0.1) is 24.8 Å². The molecular formula is C25H36Cl2N2O4. The van der Waals surface area contributed by atoms with Gasteiger partial charge in [0.15, 0.2) is 23.0 Å². The molecule has 6 nitrogen and oxygen atoms in total. The van der Waals surface area contributed by atoms with Crippen LogP contribution in [0.15, 0.2) is 30.3 Å². The van der Waals surface area contributed by atoms with E-state index in [2.05, 4.69) is 29.5 Å². The van der Waals surface area contributed by atoms with E-state index in [1.807, 2.05) is 12.1 Å². The SMILES string of the molecule is CCCCCCN(NCCc1ccc2c(c1)OCO2)C1CCc2c(ccc(O)c2O)C1.Cl.Cl. The Labute approximate surface area is 209 Å². The fourth-order valence-corrected chi connectivity index (χ4v) is 4.61. The molecule has 0 saturated heterocycles. The topological polar surface area (TPSA) is 74.2 Å². The van der Waals surface area contributed by atoms with Crippen molar-refractivity contribution in [1.29, 1.82) is 0 Å². The monoisotopic (exact) mass is 498 g/mol. The van der Waals surface area contributed by atoms with Gasteiger partial charge in [-0.25, -0.2) is 5.01 Å².